The molecule has 2 fully saturated rings. The van der Waals surface area contributed by atoms with E-state index in [0.717, 1.165) is 36.8 Å². The number of carbonyl (C=O) groups is 4. The molecule has 10 heteroatoms. The zero-order chi connectivity index (χ0) is 33.9. The molecule has 3 atom stereocenters. The van der Waals surface area contributed by atoms with E-state index >= 15 is 0 Å². The molecule has 256 valence electrons. The Kier molecular flexibility index (Phi) is 10.1. The highest BCUT2D eigenvalue weighted by molar-refractivity contribution is 6.30. The maximum absolute atomic E-state index is 14.2. The number of piperazine rings is 1. The Morgan fingerprint density at radius 3 is 2.12 bits per heavy atom. The van der Waals surface area contributed by atoms with E-state index < -0.39 is 12.1 Å². The summed E-state index contributed by atoms with van der Waals surface area (Å²) >= 11 is 6.15. The van der Waals surface area contributed by atoms with Crippen LogP contribution >= 0.6 is 11.6 Å². The van der Waals surface area contributed by atoms with E-state index in [4.69, 9.17) is 11.6 Å². The van der Waals surface area contributed by atoms with E-state index in [-0.39, 0.29) is 29.7 Å². The van der Waals surface area contributed by atoms with Crippen molar-refractivity contribution in [3.63, 3.8) is 0 Å². The van der Waals surface area contributed by atoms with E-state index in [1.807, 2.05) is 29.2 Å². The number of hydrogen-bond acceptors (Lipinski definition) is 6. The number of nitrogens with zero attached hydrogens (tertiary/aromatic N) is 3. The predicted octanol–water partition coefficient (Wildman–Crippen LogP) is 4.47. The van der Waals surface area contributed by atoms with Gasteiger partial charge in [-0.2, -0.15) is 0 Å². The molecule has 0 aromatic heterocycles. The molecule has 1 saturated heterocycles. The van der Waals surface area contributed by atoms with Crippen molar-refractivity contribution in [1.29, 1.82) is 0 Å². The molecule has 1 saturated carbocycles. The first-order chi connectivity index (χ1) is 23.9. The molecule has 0 spiro atoms. The van der Waals surface area contributed by atoms with Crippen LogP contribution in [0.5, 0.6) is 0 Å². The van der Waals surface area contributed by atoms with Crippen LogP contribution in [0, 0.1) is 5.92 Å². The Balaban J connectivity index is 1.04. The van der Waals surface area contributed by atoms with Crippen molar-refractivity contribution < 1.29 is 19.2 Å². The Hall–Kier alpha value is -4.05. The van der Waals surface area contributed by atoms with Crippen LogP contribution in [-0.2, 0) is 29.0 Å². The average molecular weight is 682 g/mol. The molecule has 4 aliphatic rings. The number of carbonyl (C=O) groups excluding carboxylic acids is 4. The lowest BCUT2D eigenvalue weighted by atomic mass is 9.82. The molecule has 49 heavy (non-hydrogen) atoms. The lowest BCUT2D eigenvalue weighted by Crippen LogP contribution is -2.60. The second kappa shape index (κ2) is 14.8. The SMILES string of the molecule is O=C(NC(Cc1ccc(Cl)cc1)C(=O)N1CCN(C(CN2C(=O)c3ccccc3C2=O)C2CCCCC2)CC1)C1Cc2ccccc2CN1. The van der Waals surface area contributed by atoms with Gasteiger partial charge in [0, 0.05) is 56.8 Å². The van der Waals surface area contributed by atoms with Gasteiger partial charge in [-0.25, -0.2) is 0 Å². The second-order valence-electron chi connectivity index (χ2n) is 13.9. The molecule has 0 bridgehead atoms. The van der Waals surface area contributed by atoms with Gasteiger partial charge in [0.05, 0.1) is 17.2 Å². The maximum Gasteiger partial charge on any atom is 0.261 e. The number of imide groups is 1. The van der Waals surface area contributed by atoms with Crippen LogP contribution in [0.15, 0.2) is 72.8 Å². The number of nitrogens with one attached hydrogen (secondary N) is 2. The van der Waals surface area contributed by atoms with Crippen LogP contribution in [0.25, 0.3) is 0 Å². The van der Waals surface area contributed by atoms with Crippen molar-refractivity contribution in [2.75, 3.05) is 32.7 Å². The zero-order valence-electron chi connectivity index (χ0n) is 27.8. The Morgan fingerprint density at radius 1 is 0.816 bits per heavy atom. The van der Waals surface area contributed by atoms with Crippen LogP contribution in [0.3, 0.4) is 0 Å². The third-order valence-corrected chi connectivity index (χ3v) is 11.2. The van der Waals surface area contributed by atoms with Gasteiger partial charge in [-0.15, -0.1) is 0 Å². The third-order valence-electron chi connectivity index (χ3n) is 10.9. The van der Waals surface area contributed by atoms with Crippen LogP contribution < -0.4 is 10.6 Å². The van der Waals surface area contributed by atoms with Gasteiger partial charge in [0.15, 0.2) is 0 Å². The lowest BCUT2D eigenvalue weighted by molar-refractivity contribution is -0.138. The fourth-order valence-corrected chi connectivity index (χ4v) is 8.26. The second-order valence-corrected chi connectivity index (χ2v) is 14.3. The Morgan fingerprint density at radius 2 is 1.45 bits per heavy atom. The minimum absolute atomic E-state index is 0.0320. The van der Waals surface area contributed by atoms with Gasteiger partial charge in [0.1, 0.15) is 6.04 Å². The fourth-order valence-electron chi connectivity index (χ4n) is 8.14. The topological polar surface area (TPSA) is 102 Å². The number of rotatable bonds is 9. The molecule has 3 aliphatic heterocycles. The molecule has 3 unspecified atom stereocenters. The number of halogens is 1. The van der Waals surface area contributed by atoms with E-state index in [0.29, 0.717) is 74.2 Å². The summed E-state index contributed by atoms with van der Waals surface area (Å²) in [6.45, 7) is 3.25. The summed E-state index contributed by atoms with van der Waals surface area (Å²) in [6.07, 6.45) is 6.57. The fraction of sp³-hybridized carbons (Fsp3) is 0.436. The van der Waals surface area contributed by atoms with Gasteiger partial charge in [-0.05, 0) is 66.1 Å². The molecule has 2 N–H and O–H groups in total. The van der Waals surface area contributed by atoms with Crippen molar-refractivity contribution in [3.05, 3.63) is 106 Å². The monoisotopic (exact) mass is 681 g/mol. The largest absolute Gasteiger partial charge is 0.343 e. The van der Waals surface area contributed by atoms with Crippen molar-refractivity contribution in [2.45, 2.75) is 69.6 Å². The summed E-state index contributed by atoms with van der Waals surface area (Å²) in [5.74, 6) is -0.336. The van der Waals surface area contributed by atoms with Gasteiger partial charge in [-0.1, -0.05) is 79.4 Å². The molecular weight excluding hydrogens is 638 g/mol. The molecule has 3 heterocycles. The first-order valence-corrected chi connectivity index (χ1v) is 18.1. The number of benzene rings is 3. The standard InChI is InChI=1S/C39H44ClN5O4/c40-30-16-14-26(15-17-30)22-34(42-36(46)33-23-28-10-4-5-11-29(28)24-41-33)39(49)44-20-18-43(19-21-44)35(27-8-2-1-3-9-27)25-45-37(47)31-12-6-7-13-32(31)38(45)48/h4-7,10-17,27,33-35,41H,1-3,8-9,18-25H2,(H,42,46). The zero-order valence-corrected chi connectivity index (χ0v) is 28.5. The average Bonchev–Trinajstić information content (AvgIpc) is 3.39. The molecule has 1 aliphatic carbocycles. The summed E-state index contributed by atoms with van der Waals surface area (Å²) < 4.78 is 0. The highest BCUT2D eigenvalue weighted by Gasteiger charge is 2.41. The molecule has 9 nitrogen and oxygen atoms in total. The molecule has 3 aromatic rings. The van der Waals surface area contributed by atoms with Crippen molar-refractivity contribution in [3.8, 4) is 0 Å². The van der Waals surface area contributed by atoms with Crippen LogP contribution in [0.1, 0.15) is 69.5 Å². The van der Waals surface area contributed by atoms with Crippen LogP contribution in [0.2, 0.25) is 5.02 Å². The van der Waals surface area contributed by atoms with Gasteiger partial charge in [-0.3, -0.25) is 29.0 Å². The predicted molar refractivity (Wildman–Crippen MR) is 188 cm³/mol. The van der Waals surface area contributed by atoms with E-state index in [9.17, 15) is 19.2 Å². The summed E-state index contributed by atoms with van der Waals surface area (Å²) in [5.41, 5.74) is 4.21. The maximum atomic E-state index is 14.2. The molecule has 3 aromatic carbocycles. The minimum atomic E-state index is -0.730. The summed E-state index contributed by atoms with van der Waals surface area (Å²) in [6, 6.07) is 21.5. The summed E-state index contributed by atoms with van der Waals surface area (Å²) in [7, 11) is 0. The highest BCUT2D eigenvalue weighted by atomic mass is 35.5. The summed E-state index contributed by atoms with van der Waals surface area (Å²) in [4.78, 5) is 60.2. The van der Waals surface area contributed by atoms with Crippen LogP contribution in [-0.4, -0.2) is 89.2 Å². The molecule has 0 radical (unpaired) electrons. The van der Waals surface area contributed by atoms with E-state index in [1.54, 1.807) is 36.4 Å². The normalized spacial score (nSPS) is 21.2. The lowest BCUT2D eigenvalue weighted by Gasteiger charge is -2.44. The highest BCUT2D eigenvalue weighted by Crippen LogP contribution is 2.32. The third kappa shape index (κ3) is 7.30. The van der Waals surface area contributed by atoms with Crippen molar-refractivity contribution in [2.24, 2.45) is 5.92 Å². The van der Waals surface area contributed by atoms with Gasteiger partial charge >= 0.3 is 0 Å². The smallest absolute Gasteiger partial charge is 0.261 e. The first kappa shape index (κ1) is 33.4. The van der Waals surface area contributed by atoms with Crippen LogP contribution in [0.4, 0.5) is 0 Å². The van der Waals surface area contributed by atoms with E-state index in [1.165, 1.54) is 16.9 Å². The Labute approximate surface area is 293 Å². The Bertz CT molecular complexity index is 1660. The van der Waals surface area contributed by atoms with Crippen molar-refractivity contribution in [1.82, 2.24) is 25.3 Å². The number of hydrogen-bond donors (Lipinski definition) is 2. The van der Waals surface area contributed by atoms with Crippen molar-refractivity contribution >= 4 is 35.2 Å². The van der Waals surface area contributed by atoms with Gasteiger partial charge < -0.3 is 15.5 Å². The molecule has 4 amide bonds. The van der Waals surface area contributed by atoms with Gasteiger partial charge in [0.25, 0.3) is 11.8 Å². The molecule has 7 rings (SSSR count). The first-order valence-electron chi connectivity index (χ1n) is 17.7. The minimum Gasteiger partial charge on any atom is -0.343 e. The number of fused-ring (bicyclic) bond motifs is 2. The van der Waals surface area contributed by atoms with E-state index in [2.05, 4.69) is 27.7 Å². The van der Waals surface area contributed by atoms with Gasteiger partial charge in [0.2, 0.25) is 11.8 Å². The molecular formula is C39H44ClN5O4. The number of amides is 4. The quantitative estimate of drug-likeness (QED) is 0.324. The summed E-state index contributed by atoms with van der Waals surface area (Å²) in [5, 5.41) is 7.07.